The van der Waals surface area contributed by atoms with Gasteiger partial charge in [-0.3, -0.25) is 24.1 Å². The summed E-state index contributed by atoms with van der Waals surface area (Å²) in [5.74, 6) is -0.736. The summed E-state index contributed by atoms with van der Waals surface area (Å²) in [5, 5.41) is 32.3. The number of aliphatic hydroxyl groups is 2. The fraction of sp³-hybridized carbons (Fsp3) is 0.619. The van der Waals surface area contributed by atoms with Crippen molar-refractivity contribution in [2.45, 2.75) is 95.9 Å². The molecule has 4 rings (SSSR count). The third-order valence-corrected chi connectivity index (χ3v) is 11.7. The number of unbranched alkanes of at least 4 members (excludes halogenated alkanes) is 2. The molecule has 9 N–H and O–H groups in total. The van der Waals surface area contributed by atoms with E-state index in [1.54, 1.807) is 0 Å². The number of Topliss-reactive ketones (excluding diaryl/α,β-unsaturated/α-hetero) is 1. The predicted octanol–water partition coefficient (Wildman–Crippen LogP) is 2.11. The van der Waals surface area contributed by atoms with Crippen LogP contribution in [-0.2, 0) is 41.7 Å². The molecule has 2 amide bonds. The van der Waals surface area contributed by atoms with E-state index in [1.807, 2.05) is 17.2 Å². The first-order valence-electron chi connectivity index (χ1n) is 21.2. The fourth-order valence-corrected chi connectivity index (χ4v) is 7.88. The van der Waals surface area contributed by atoms with Crippen molar-refractivity contribution in [2.24, 2.45) is 5.73 Å². The van der Waals surface area contributed by atoms with E-state index >= 15 is 0 Å². The topological polar surface area (TPSA) is 261 Å². The number of aliphatic carboxylic acids is 1. The summed E-state index contributed by atoms with van der Waals surface area (Å²) in [4.78, 5) is 61.8. The van der Waals surface area contributed by atoms with Crippen LogP contribution in [0.2, 0.25) is 0 Å². The maximum absolute atomic E-state index is 12.8. The standard InChI is InChI=1S/C42H65N9O9S/c1-3-4-5-13-46-39-38-34(47-42(44)48-39)11-15-51(38)27-31-9-8-30(24-29(31)2)26-49-16-18-50(19-17-49)37(54)12-21-60-23-22-59-20-6-7-32(52)10-14-45-36(53)25-35(41(57)58)61-28-33(43)40(55)56/h8-9,11,15,24,33,35,40,55-56H,3-7,10,12-14,16-23,25-28,43H2,1-2H3,(H,45,53)(H,57,58)(H3,44,46,47,48)/t33-,35+/m0/s1. The number of anilines is 2. The SMILES string of the molecule is CCCCCNc1nc(N)nc2ccn(Cc3ccc(CN4CCN(C(=O)CCOCCOCCCC(=O)CCNC(=O)C[C@@H](SC[C@H](N)C(O)O)C(=O)O)CC4)cc3C)c12. The highest BCUT2D eigenvalue weighted by molar-refractivity contribution is 8.00. The zero-order valence-electron chi connectivity index (χ0n) is 35.6. The molecule has 1 aliphatic rings. The number of hydrogen-bond donors (Lipinski definition) is 7. The van der Waals surface area contributed by atoms with Crippen LogP contribution in [0.15, 0.2) is 30.5 Å². The molecule has 338 valence electrons. The van der Waals surface area contributed by atoms with Crippen LogP contribution in [0.1, 0.15) is 75.0 Å². The van der Waals surface area contributed by atoms with E-state index in [-0.39, 0.29) is 49.2 Å². The van der Waals surface area contributed by atoms with Gasteiger partial charge < -0.3 is 56.4 Å². The number of nitrogen functional groups attached to an aromatic ring is 1. The molecule has 0 spiro atoms. The van der Waals surface area contributed by atoms with Crippen LogP contribution in [0.5, 0.6) is 0 Å². The first-order chi connectivity index (χ1) is 29.3. The predicted molar refractivity (Wildman–Crippen MR) is 235 cm³/mol. The van der Waals surface area contributed by atoms with Gasteiger partial charge in [0, 0.05) is 90.2 Å². The molecule has 0 radical (unpaired) electrons. The quantitative estimate of drug-likeness (QED) is 0.0389. The van der Waals surface area contributed by atoms with Crippen LogP contribution in [0, 0.1) is 6.92 Å². The first-order valence-corrected chi connectivity index (χ1v) is 22.2. The number of amides is 2. The molecule has 2 aromatic heterocycles. The number of ether oxygens (including phenoxy) is 2. The molecule has 1 saturated heterocycles. The van der Waals surface area contributed by atoms with Crippen molar-refractivity contribution in [1.29, 1.82) is 0 Å². The highest BCUT2D eigenvalue weighted by atomic mass is 32.2. The number of nitrogens with two attached hydrogens (primary N) is 2. The number of nitrogens with zero attached hydrogens (tertiary/aromatic N) is 5. The number of nitrogens with one attached hydrogen (secondary N) is 2. The Morgan fingerprint density at radius 2 is 1.67 bits per heavy atom. The van der Waals surface area contributed by atoms with E-state index < -0.39 is 29.5 Å². The second kappa shape index (κ2) is 26.2. The Labute approximate surface area is 362 Å². The molecule has 0 aliphatic carbocycles. The number of piperazine rings is 1. The van der Waals surface area contributed by atoms with Gasteiger partial charge in [-0.25, -0.2) is 4.98 Å². The molecule has 61 heavy (non-hydrogen) atoms. The normalized spacial score (nSPS) is 14.4. The van der Waals surface area contributed by atoms with Crippen molar-refractivity contribution in [3.8, 4) is 0 Å². The summed E-state index contributed by atoms with van der Waals surface area (Å²) in [7, 11) is 0. The van der Waals surface area contributed by atoms with E-state index in [4.69, 9.17) is 31.2 Å². The maximum Gasteiger partial charge on any atom is 0.317 e. The molecule has 1 aromatic carbocycles. The van der Waals surface area contributed by atoms with Gasteiger partial charge >= 0.3 is 5.97 Å². The number of carboxylic acids is 1. The zero-order valence-corrected chi connectivity index (χ0v) is 36.4. The largest absolute Gasteiger partial charge is 0.480 e. The molecule has 18 nitrogen and oxygen atoms in total. The van der Waals surface area contributed by atoms with E-state index in [0.29, 0.717) is 58.9 Å². The van der Waals surface area contributed by atoms with Gasteiger partial charge in [0.15, 0.2) is 12.1 Å². The number of hydrogen-bond acceptors (Lipinski definition) is 15. The smallest absolute Gasteiger partial charge is 0.317 e. The van der Waals surface area contributed by atoms with Gasteiger partial charge in [-0.15, -0.1) is 11.8 Å². The lowest BCUT2D eigenvalue weighted by Crippen LogP contribution is -2.48. The van der Waals surface area contributed by atoms with Crippen LogP contribution in [-0.4, -0.2) is 152 Å². The highest BCUT2D eigenvalue weighted by Gasteiger charge is 2.25. The summed E-state index contributed by atoms with van der Waals surface area (Å²) in [6.07, 6.45) is 4.50. The van der Waals surface area contributed by atoms with Gasteiger partial charge in [0.2, 0.25) is 17.8 Å². The van der Waals surface area contributed by atoms with E-state index in [1.165, 1.54) is 16.7 Å². The Kier molecular flexibility index (Phi) is 21.2. The number of rotatable bonds is 29. The summed E-state index contributed by atoms with van der Waals surface area (Å²) in [6.45, 7) is 11.1. The number of benzene rings is 1. The fourth-order valence-electron chi connectivity index (χ4n) is 6.84. The third kappa shape index (κ3) is 17.1. The van der Waals surface area contributed by atoms with Crippen molar-refractivity contribution in [1.82, 2.24) is 29.7 Å². The number of aliphatic hydroxyl groups excluding tert-OH is 1. The number of aryl methyl sites for hydroxylation is 1. The average molecular weight is 872 g/mol. The highest BCUT2D eigenvalue weighted by Crippen LogP contribution is 2.25. The van der Waals surface area contributed by atoms with Gasteiger partial charge in [-0.2, -0.15) is 4.98 Å². The number of thioether (sulfide) groups is 1. The summed E-state index contributed by atoms with van der Waals surface area (Å²) in [5.41, 5.74) is 17.0. The Balaban J connectivity index is 1.04. The van der Waals surface area contributed by atoms with E-state index in [9.17, 15) is 24.3 Å². The second-order valence-electron chi connectivity index (χ2n) is 15.3. The van der Waals surface area contributed by atoms with E-state index in [0.717, 1.165) is 74.1 Å². The Morgan fingerprint density at radius 3 is 2.38 bits per heavy atom. The van der Waals surface area contributed by atoms with Gasteiger partial charge in [0.25, 0.3) is 0 Å². The lowest BCUT2D eigenvalue weighted by Gasteiger charge is -2.35. The van der Waals surface area contributed by atoms with Crippen molar-refractivity contribution < 1.29 is 44.0 Å². The monoisotopic (exact) mass is 871 g/mol. The molecule has 1 fully saturated rings. The Morgan fingerprint density at radius 1 is 0.918 bits per heavy atom. The number of aromatic nitrogens is 3. The van der Waals surface area contributed by atoms with Gasteiger partial charge in [-0.1, -0.05) is 38.0 Å². The summed E-state index contributed by atoms with van der Waals surface area (Å²) in [6, 6.07) is 7.59. The third-order valence-electron chi connectivity index (χ3n) is 10.4. The summed E-state index contributed by atoms with van der Waals surface area (Å²) < 4.78 is 13.3. The van der Waals surface area contributed by atoms with Crippen molar-refractivity contribution >= 4 is 58.1 Å². The molecule has 0 saturated carbocycles. The molecule has 3 aromatic rings. The molecule has 3 heterocycles. The molecule has 1 aliphatic heterocycles. The molecule has 0 unspecified atom stereocenters. The van der Waals surface area contributed by atoms with Gasteiger partial charge in [0.05, 0.1) is 37.8 Å². The minimum absolute atomic E-state index is 0.0474. The van der Waals surface area contributed by atoms with Gasteiger partial charge in [-0.05, 0) is 42.5 Å². The Bertz CT molecular complexity index is 1860. The number of carbonyl (C=O) groups is 4. The molecular formula is C42H65N9O9S. The van der Waals surface area contributed by atoms with Crippen LogP contribution >= 0.6 is 11.8 Å². The number of carbonyl (C=O) groups excluding carboxylic acids is 3. The second-order valence-corrected chi connectivity index (χ2v) is 16.6. The molecule has 19 heteroatoms. The lowest BCUT2D eigenvalue weighted by atomic mass is 10.0. The Hall–Kier alpha value is -4.37. The van der Waals surface area contributed by atoms with Crippen LogP contribution in [0.25, 0.3) is 11.0 Å². The van der Waals surface area contributed by atoms with Crippen molar-refractivity contribution in [3.63, 3.8) is 0 Å². The van der Waals surface area contributed by atoms with Crippen LogP contribution in [0.4, 0.5) is 11.8 Å². The average Bonchev–Trinajstić information content (AvgIpc) is 3.63. The maximum atomic E-state index is 12.8. The molecule has 0 bridgehead atoms. The number of fused-ring (bicyclic) bond motifs is 1. The van der Waals surface area contributed by atoms with Crippen molar-refractivity contribution in [3.05, 3.63) is 47.2 Å². The van der Waals surface area contributed by atoms with E-state index in [2.05, 4.69) is 62.1 Å². The van der Waals surface area contributed by atoms with Crippen molar-refractivity contribution in [2.75, 3.05) is 82.5 Å². The number of carboxylic acid groups (broad SMARTS) is 1. The lowest BCUT2D eigenvalue weighted by molar-refractivity contribution is -0.138. The minimum atomic E-state index is -1.78. The number of ketones is 1. The minimum Gasteiger partial charge on any atom is -0.480 e. The molecular weight excluding hydrogens is 807 g/mol. The van der Waals surface area contributed by atoms with Crippen LogP contribution in [0.3, 0.4) is 0 Å². The summed E-state index contributed by atoms with van der Waals surface area (Å²) >= 11 is 0.847. The van der Waals surface area contributed by atoms with Crippen LogP contribution < -0.4 is 22.1 Å². The van der Waals surface area contributed by atoms with Gasteiger partial charge in [0.1, 0.15) is 16.5 Å². The molecule has 2 atom stereocenters. The zero-order chi connectivity index (χ0) is 44.1. The first kappa shape index (κ1) is 49.3.